The molecule has 21 heavy (non-hydrogen) atoms. The molecule has 0 aliphatic carbocycles. The lowest BCUT2D eigenvalue weighted by Crippen LogP contribution is -1.97. The monoisotopic (exact) mass is 432 g/mol. The summed E-state index contributed by atoms with van der Waals surface area (Å²) in [7, 11) is 3.27. The Labute approximate surface area is 146 Å². The van der Waals surface area contributed by atoms with Gasteiger partial charge in [-0.1, -0.05) is 49.5 Å². The quantitative estimate of drug-likeness (QED) is 0.554. The minimum Gasteiger partial charge on any atom is -0.493 e. The predicted octanol–water partition coefficient (Wildman–Crippen LogP) is 5.80. The molecule has 2 rings (SSSR count). The molecule has 0 amide bonds. The number of alkyl halides is 1. The van der Waals surface area contributed by atoms with Gasteiger partial charge >= 0.3 is 0 Å². The third-order valence-corrected chi connectivity index (χ3v) is 4.64. The molecule has 1 unspecified atom stereocenters. The molecule has 112 valence electrons. The van der Waals surface area contributed by atoms with E-state index >= 15 is 0 Å². The molecule has 5 heteroatoms. The van der Waals surface area contributed by atoms with Crippen LogP contribution in [0.1, 0.15) is 16.0 Å². The second kappa shape index (κ2) is 7.52. The van der Waals surface area contributed by atoms with E-state index in [1.165, 1.54) is 0 Å². The van der Waals surface area contributed by atoms with Gasteiger partial charge in [0, 0.05) is 14.3 Å². The van der Waals surface area contributed by atoms with Crippen molar-refractivity contribution in [3.63, 3.8) is 0 Å². The van der Waals surface area contributed by atoms with Crippen LogP contribution in [0.15, 0.2) is 40.9 Å². The van der Waals surface area contributed by atoms with Crippen molar-refractivity contribution in [3.8, 4) is 11.5 Å². The molecule has 0 heterocycles. The third kappa shape index (κ3) is 4.38. The van der Waals surface area contributed by atoms with Crippen molar-refractivity contribution >= 4 is 43.5 Å². The van der Waals surface area contributed by atoms with Gasteiger partial charge in [0.1, 0.15) is 0 Å². The standard InChI is InChI=1S/C16H15Br2ClO2/c1-20-15-4-3-10(6-16(15)21-2)5-14(18)11-7-12(17)9-13(19)8-11/h3-4,6-9,14H,5H2,1-2H3. The van der Waals surface area contributed by atoms with Gasteiger partial charge < -0.3 is 9.47 Å². The molecule has 0 N–H and O–H groups in total. The van der Waals surface area contributed by atoms with E-state index in [0.29, 0.717) is 0 Å². The van der Waals surface area contributed by atoms with Gasteiger partial charge in [0.25, 0.3) is 0 Å². The van der Waals surface area contributed by atoms with Gasteiger partial charge in [-0.05, 0) is 47.9 Å². The second-order valence-electron chi connectivity index (χ2n) is 4.56. The molecule has 0 saturated carbocycles. The summed E-state index contributed by atoms with van der Waals surface area (Å²) in [6, 6.07) is 11.9. The van der Waals surface area contributed by atoms with Gasteiger partial charge in [-0.25, -0.2) is 0 Å². The molecule has 0 radical (unpaired) electrons. The van der Waals surface area contributed by atoms with Crippen molar-refractivity contribution in [1.29, 1.82) is 0 Å². The first-order chi connectivity index (χ1) is 10.0. The fourth-order valence-corrected chi connectivity index (χ4v) is 3.61. The molecule has 0 aromatic heterocycles. The molecular weight excluding hydrogens is 419 g/mol. The lowest BCUT2D eigenvalue weighted by Gasteiger charge is -2.14. The van der Waals surface area contributed by atoms with Gasteiger partial charge in [0.05, 0.1) is 14.2 Å². The maximum Gasteiger partial charge on any atom is 0.160 e. The van der Waals surface area contributed by atoms with E-state index in [1.54, 1.807) is 14.2 Å². The van der Waals surface area contributed by atoms with Crippen molar-refractivity contribution in [2.24, 2.45) is 0 Å². The van der Waals surface area contributed by atoms with Gasteiger partial charge in [0.2, 0.25) is 0 Å². The minimum absolute atomic E-state index is 0.172. The zero-order valence-electron chi connectivity index (χ0n) is 11.7. The molecule has 0 aliphatic heterocycles. The lowest BCUT2D eigenvalue weighted by molar-refractivity contribution is 0.354. The molecule has 2 aromatic carbocycles. The molecule has 0 fully saturated rings. The zero-order valence-corrected chi connectivity index (χ0v) is 15.6. The highest BCUT2D eigenvalue weighted by Gasteiger charge is 2.12. The zero-order chi connectivity index (χ0) is 15.4. The van der Waals surface area contributed by atoms with Crippen LogP contribution in [-0.2, 0) is 6.42 Å². The number of hydrogen-bond donors (Lipinski definition) is 0. The fourth-order valence-electron chi connectivity index (χ4n) is 2.09. The summed E-state index contributed by atoms with van der Waals surface area (Å²) in [5.74, 6) is 1.47. The Hall–Kier alpha value is -0.710. The van der Waals surface area contributed by atoms with Crippen LogP contribution in [0.4, 0.5) is 0 Å². The molecule has 0 saturated heterocycles. The maximum absolute atomic E-state index is 6.10. The molecule has 0 bridgehead atoms. The average Bonchev–Trinajstić information content (AvgIpc) is 2.46. The van der Waals surface area contributed by atoms with Gasteiger partial charge in [-0.15, -0.1) is 0 Å². The van der Waals surface area contributed by atoms with Crippen LogP contribution >= 0.6 is 43.5 Å². The summed E-state index contributed by atoms with van der Waals surface area (Å²) >= 11 is 13.3. The van der Waals surface area contributed by atoms with Crippen molar-refractivity contribution in [3.05, 3.63) is 57.0 Å². The van der Waals surface area contributed by atoms with Crippen LogP contribution in [0.2, 0.25) is 5.02 Å². The van der Waals surface area contributed by atoms with Gasteiger partial charge in [-0.3, -0.25) is 0 Å². The third-order valence-electron chi connectivity index (χ3n) is 3.11. The largest absolute Gasteiger partial charge is 0.493 e. The number of hydrogen-bond acceptors (Lipinski definition) is 2. The molecule has 0 aliphatic rings. The Morgan fingerprint density at radius 2 is 1.76 bits per heavy atom. The second-order valence-corrected chi connectivity index (χ2v) is 7.02. The van der Waals surface area contributed by atoms with Crippen LogP contribution < -0.4 is 9.47 Å². The summed E-state index contributed by atoms with van der Waals surface area (Å²) in [6.45, 7) is 0. The number of rotatable bonds is 5. The number of halogens is 3. The maximum atomic E-state index is 6.10. The van der Waals surface area contributed by atoms with E-state index in [1.807, 2.05) is 30.3 Å². The van der Waals surface area contributed by atoms with E-state index in [9.17, 15) is 0 Å². The number of ether oxygens (including phenoxy) is 2. The van der Waals surface area contributed by atoms with E-state index in [2.05, 4.69) is 37.9 Å². The Kier molecular flexibility index (Phi) is 5.97. The molecule has 2 aromatic rings. The first-order valence-corrected chi connectivity index (χ1v) is 8.43. The predicted molar refractivity (Wildman–Crippen MR) is 94.1 cm³/mol. The van der Waals surface area contributed by atoms with Crippen molar-refractivity contribution in [2.75, 3.05) is 14.2 Å². The summed E-state index contributed by atoms with van der Waals surface area (Å²) in [6.07, 6.45) is 0.827. The normalized spacial score (nSPS) is 12.0. The molecule has 1 atom stereocenters. The van der Waals surface area contributed by atoms with Crippen LogP contribution in [0.5, 0.6) is 11.5 Å². The van der Waals surface area contributed by atoms with Crippen molar-refractivity contribution < 1.29 is 9.47 Å². The number of methoxy groups -OCH3 is 2. The Morgan fingerprint density at radius 3 is 2.38 bits per heavy atom. The van der Waals surface area contributed by atoms with Gasteiger partial charge in [-0.2, -0.15) is 0 Å². The summed E-state index contributed by atoms with van der Waals surface area (Å²) < 4.78 is 11.6. The summed E-state index contributed by atoms with van der Waals surface area (Å²) in [5, 5.41) is 0.719. The highest BCUT2D eigenvalue weighted by Crippen LogP contribution is 2.34. The fraction of sp³-hybridized carbons (Fsp3) is 0.250. The Bertz CT molecular complexity index is 611. The van der Waals surface area contributed by atoms with Crippen LogP contribution in [0, 0.1) is 0 Å². The minimum atomic E-state index is 0.172. The first-order valence-electron chi connectivity index (χ1n) is 6.34. The summed E-state index contributed by atoms with van der Waals surface area (Å²) in [4.78, 5) is 0.172. The average molecular weight is 435 g/mol. The SMILES string of the molecule is COc1ccc(CC(Br)c2cc(Cl)cc(Br)c2)cc1OC. The van der Waals surface area contributed by atoms with E-state index in [4.69, 9.17) is 21.1 Å². The van der Waals surface area contributed by atoms with Crippen LogP contribution in [0.3, 0.4) is 0 Å². The van der Waals surface area contributed by atoms with Crippen LogP contribution in [-0.4, -0.2) is 14.2 Å². The Morgan fingerprint density at radius 1 is 1.05 bits per heavy atom. The van der Waals surface area contributed by atoms with Crippen LogP contribution in [0.25, 0.3) is 0 Å². The van der Waals surface area contributed by atoms with E-state index in [-0.39, 0.29) is 4.83 Å². The van der Waals surface area contributed by atoms with E-state index < -0.39 is 0 Å². The molecular formula is C16H15Br2ClO2. The first kappa shape index (κ1) is 16.7. The van der Waals surface area contributed by atoms with Crippen molar-refractivity contribution in [1.82, 2.24) is 0 Å². The smallest absolute Gasteiger partial charge is 0.160 e. The highest BCUT2D eigenvalue weighted by molar-refractivity contribution is 9.10. The lowest BCUT2D eigenvalue weighted by atomic mass is 10.0. The van der Waals surface area contributed by atoms with Crippen molar-refractivity contribution in [2.45, 2.75) is 11.2 Å². The Balaban J connectivity index is 2.20. The molecule has 2 nitrogen and oxygen atoms in total. The molecule has 0 spiro atoms. The highest BCUT2D eigenvalue weighted by atomic mass is 79.9. The topological polar surface area (TPSA) is 18.5 Å². The number of benzene rings is 2. The summed E-state index contributed by atoms with van der Waals surface area (Å²) in [5.41, 5.74) is 2.29. The van der Waals surface area contributed by atoms with E-state index in [0.717, 1.165) is 38.5 Å². The van der Waals surface area contributed by atoms with Gasteiger partial charge in [0.15, 0.2) is 11.5 Å².